The van der Waals surface area contributed by atoms with E-state index in [-0.39, 0.29) is 6.03 Å². The molecule has 1 aromatic heterocycles. The predicted octanol–water partition coefficient (Wildman–Crippen LogP) is 2.67. The normalized spacial score (nSPS) is 21.4. The van der Waals surface area contributed by atoms with Crippen LogP contribution in [0.1, 0.15) is 18.4 Å². The van der Waals surface area contributed by atoms with E-state index in [1.807, 2.05) is 18.2 Å². The topological polar surface area (TPSA) is 114 Å². The number of hydrogen-bond donors (Lipinski definition) is 3. The molecule has 4 rings (SSSR count). The van der Waals surface area contributed by atoms with Gasteiger partial charge in [-0.2, -0.15) is 0 Å². The second kappa shape index (κ2) is 7.20. The van der Waals surface area contributed by atoms with Gasteiger partial charge in [-0.15, -0.1) is 11.8 Å². The van der Waals surface area contributed by atoms with Crippen molar-refractivity contribution in [2.45, 2.75) is 17.6 Å². The summed E-state index contributed by atoms with van der Waals surface area (Å²) >= 11 is 1.49. The third-order valence-electron chi connectivity index (χ3n) is 5.14. The van der Waals surface area contributed by atoms with E-state index < -0.39 is 10.7 Å². The molecule has 2 aromatic rings. The number of nitrogens with zero attached hydrogens (tertiary/aromatic N) is 2. The number of thioether (sulfide) groups is 1. The largest absolute Gasteiger partial charge is 0.398 e. The SMILES string of the molecule is NC(=O)C1(c2ccccc2N)CC2=C(CCN(C(=O)Nc3cccnc3)C2)S1. The van der Waals surface area contributed by atoms with Gasteiger partial charge in [0.2, 0.25) is 5.91 Å². The van der Waals surface area contributed by atoms with Crippen molar-refractivity contribution in [1.82, 2.24) is 9.88 Å². The fourth-order valence-electron chi connectivity index (χ4n) is 3.73. The average Bonchev–Trinajstić information content (AvgIpc) is 3.09. The molecule has 0 spiro atoms. The summed E-state index contributed by atoms with van der Waals surface area (Å²) in [5.41, 5.74) is 15.0. The van der Waals surface area contributed by atoms with Gasteiger partial charge in [-0.25, -0.2) is 4.79 Å². The van der Waals surface area contributed by atoms with Crippen LogP contribution in [-0.4, -0.2) is 34.9 Å². The van der Waals surface area contributed by atoms with E-state index in [4.69, 9.17) is 11.5 Å². The highest BCUT2D eigenvalue weighted by atomic mass is 32.2. The summed E-state index contributed by atoms with van der Waals surface area (Å²) in [5.74, 6) is -0.406. The fourth-order valence-corrected chi connectivity index (χ4v) is 5.27. The van der Waals surface area contributed by atoms with E-state index in [9.17, 15) is 9.59 Å². The Kier molecular flexibility index (Phi) is 4.72. The number of urea groups is 1. The quantitative estimate of drug-likeness (QED) is 0.691. The minimum absolute atomic E-state index is 0.180. The Bertz CT molecular complexity index is 962. The van der Waals surface area contributed by atoms with Crippen molar-refractivity contribution in [2.75, 3.05) is 24.1 Å². The maximum atomic E-state index is 12.6. The number of benzene rings is 1. The Balaban J connectivity index is 1.53. The van der Waals surface area contributed by atoms with Crippen molar-refractivity contribution in [3.05, 3.63) is 64.8 Å². The van der Waals surface area contributed by atoms with Crippen LogP contribution in [0.2, 0.25) is 0 Å². The number of rotatable bonds is 3. The third-order valence-corrected chi connectivity index (χ3v) is 6.79. The van der Waals surface area contributed by atoms with Gasteiger partial charge in [-0.1, -0.05) is 18.2 Å². The number of carbonyl (C=O) groups is 2. The van der Waals surface area contributed by atoms with Crippen LogP contribution in [-0.2, 0) is 9.54 Å². The molecule has 28 heavy (non-hydrogen) atoms. The number of amides is 3. The summed E-state index contributed by atoms with van der Waals surface area (Å²) in [6, 6.07) is 10.7. The summed E-state index contributed by atoms with van der Waals surface area (Å²) in [7, 11) is 0. The van der Waals surface area contributed by atoms with Crippen LogP contribution in [0.25, 0.3) is 0 Å². The summed E-state index contributed by atoms with van der Waals surface area (Å²) in [5, 5.41) is 2.86. The van der Waals surface area contributed by atoms with Gasteiger partial charge >= 0.3 is 6.03 Å². The van der Waals surface area contributed by atoms with Crippen LogP contribution >= 0.6 is 11.8 Å². The molecule has 0 fully saturated rings. The summed E-state index contributed by atoms with van der Waals surface area (Å²) < 4.78 is -0.911. The van der Waals surface area contributed by atoms with Gasteiger partial charge in [-0.05, 0) is 41.5 Å². The van der Waals surface area contributed by atoms with Gasteiger partial charge in [0.1, 0.15) is 4.75 Å². The zero-order chi connectivity index (χ0) is 19.7. The standard InChI is InChI=1S/C20H21N5O2S/c21-16-6-2-1-5-15(16)20(18(22)26)10-13-12-25(9-7-17(13)28-20)19(27)24-14-4-3-8-23-11-14/h1-6,8,11H,7,9-10,12,21H2,(H2,22,26)(H,24,27). The molecule has 144 valence electrons. The number of carbonyl (C=O) groups excluding carboxylic acids is 2. The molecule has 0 bridgehead atoms. The Hall–Kier alpha value is -3.00. The minimum Gasteiger partial charge on any atom is -0.398 e. The first kappa shape index (κ1) is 18.4. The molecule has 0 saturated heterocycles. The summed E-state index contributed by atoms with van der Waals surface area (Å²) in [6.07, 6.45) is 4.42. The van der Waals surface area contributed by atoms with E-state index in [0.29, 0.717) is 37.3 Å². The van der Waals surface area contributed by atoms with Gasteiger partial charge in [0.25, 0.3) is 0 Å². The van der Waals surface area contributed by atoms with E-state index in [1.54, 1.807) is 35.5 Å². The Morgan fingerprint density at radius 1 is 1.21 bits per heavy atom. The number of primary amides is 1. The number of anilines is 2. The van der Waals surface area contributed by atoms with E-state index in [0.717, 1.165) is 16.0 Å². The smallest absolute Gasteiger partial charge is 0.322 e. The molecule has 3 heterocycles. The molecule has 0 saturated carbocycles. The molecule has 0 radical (unpaired) electrons. The fraction of sp³-hybridized carbons (Fsp3) is 0.250. The van der Waals surface area contributed by atoms with Crippen molar-refractivity contribution in [3.63, 3.8) is 0 Å². The van der Waals surface area contributed by atoms with Crippen molar-refractivity contribution in [1.29, 1.82) is 0 Å². The molecule has 5 N–H and O–H groups in total. The molecule has 0 aliphatic carbocycles. The Labute approximate surface area is 167 Å². The number of aromatic nitrogens is 1. The second-order valence-electron chi connectivity index (χ2n) is 6.93. The maximum Gasteiger partial charge on any atom is 0.322 e. The van der Waals surface area contributed by atoms with E-state index in [2.05, 4.69) is 10.3 Å². The Morgan fingerprint density at radius 3 is 2.75 bits per heavy atom. The summed E-state index contributed by atoms with van der Waals surface area (Å²) in [6.45, 7) is 1.05. The van der Waals surface area contributed by atoms with Crippen LogP contribution in [0.5, 0.6) is 0 Å². The molecular formula is C20H21N5O2S. The highest BCUT2D eigenvalue weighted by Gasteiger charge is 2.48. The lowest BCUT2D eigenvalue weighted by Crippen LogP contribution is -2.40. The van der Waals surface area contributed by atoms with Crippen molar-refractivity contribution < 1.29 is 9.59 Å². The first-order chi connectivity index (χ1) is 13.5. The van der Waals surface area contributed by atoms with Crippen molar-refractivity contribution in [2.24, 2.45) is 5.73 Å². The lowest BCUT2D eigenvalue weighted by atomic mass is 9.88. The summed E-state index contributed by atoms with van der Waals surface area (Å²) in [4.78, 5) is 32.0. The number of para-hydroxylation sites is 1. The molecule has 2 aliphatic heterocycles. The minimum atomic E-state index is -0.911. The van der Waals surface area contributed by atoms with Gasteiger partial charge in [0, 0.05) is 30.5 Å². The first-order valence-corrected chi connectivity index (χ1v) is 9.82. The molecule has 1 aromatic carbocycles. The molecular weight excluding hydrogens is 374 g/mol. The van der Waals surface area contributed by atoms with Crippen LogP contribution in [0.3, 0.4) is 0 Å². The number of pyridine rings is 1. The zero-order valence-corrected chi connectivity index (χ0v) is 16.0. The van der Waals surface area contributed by atoms with Crippen LogP contribution < -0.4 is 16.8 Å². The molecule has 1 atom stereocenters. The van der Waals surface area contributed by atoms with Crippen LogP contribution in [0.15, 0.2) is 59.3 Å². The van der Waals surface area contributed by atoms with Gasteiger partial charge in [0.05, 0.1) is 11.9 Å². The molecule has 1 unspecified atom stereocenters. The third kappa shape index (κ3) is 3.20. The molecule has 3 amide bonds. The number of nitrogens with one attached hydrogen (secondary N) is 1. The molecule has 8 heteroatoms. The molecule has 2 aliphatic rings. The average molecular weight is 395 g/mol. The first-order valence-electron chi connectivity index (χ1n) is 9.00. The molecule has 7 nitrogen and oxygen atoms in total. The van der Waals surface area contributed by atoms with E-state index in [1.165, 1.54) is 11.8 Å². The number of nitrogens with two attached hydrogens (primary N) is 2. The number of hydrogen-bond acceptors (Lipinski definition) is 5. The van der Waals surface area contributed by atoms with Crippen molar-refractivity contribution in [3.8, 4) is 0 Å². The second-order valence-corrected chi connectivity index (χ2v) is 8.32. The van der Waals surface area contributed by atoms with Crippen LogP contribution in [0, 0.1) is 0 Å². The lowest BCUT2D eigenvalue weighted by Gasteiger charge is -2.28. The van der Waals surface area contributed by atoms with Gasteiger partial charge < -0.3 is 21.7 Å². The van der Waals surface area contributed by atoms with Gasteiger partial charge in [-0.3, -0.25) is 9.78 Å². The zero-order valence-electron chi connectivity index (χ0n) is 15.2. The van der Waals surface area contributed by atoms with Crippen LogP contribution in [0.4, 0.5) is 16.2 Å². The Morgan fingerprint density at radius 2 is 2.04 bits per heavy atom. The van der Waals surface area contributed by atoms with Gasteiger partial charge in [0.15, 0.2) is 0 Å². The maximum absolute atomic E-state index is 12.6. The number of nitrogen functional groups attached to an aromatic ring is 1. The highest BCUT2D eigenvalue weighted by molar-refractivity contribution is 8.05. The predicted molar refractivity (Wildman–Crippen MR) is 110 cm³/mol. The lowest BCUT2D eigenvalue weighted by molar-refractivity contribution is -0.120. The van der Waals surface area contributed by atoms with E-state index >= 15 is 0 Å². The monoisotopic (exact) mass is 395 g/mol. The van der Waals surface area contributed by atoms with Crippen molar-refractivity contribution >= 4 is 35.1 Å². The highest BCUT2D eigenvalue weighted by Crippen LogP contribution is 2.56.